The molecule has 3 rings (SSSR count). The lowest BCUT2D eigenvalue weighted by molar-refractivity contribution is -0.130. The number of Topliss-reactive ketones (excluding diaryl/α,β-unsaturated/α-hetero) is 1. The first-order valence-corrected chi connectivity index (χ1v) is 7.31. The summed E-state index contributed by atoms with van der Waals surface area (Å²) in [5.74, 6) is 1.41. The Labute approximate surface area is 119 Å². The average Bonchev–Trinajstić information content (AvgIpc) is 3.06. The summed E-state index contributed by atoms with van der Waals surface area (Å²) in [6.07, 6.45) is 0.646. The molecule has 106 valence electrons. The van der Waals surface area contributed by atoms with Crippen LogP contribution in [-0.4, -0.2) is 42.8 Å². The maximum Gasteiger partial charge on any atom is 0.223 e. The second kappa shape index (κ2) is 5.75. The van der Waals surface area contributed by atoms with Crippen LogP contribution in [-0.2, 0) is 4.79 Å². The van der Waals surface area contributed by atoms with Gasteiger partial charge in [0.25, 0.3) is 0 Å². The Hall–Kier alpha value is -1.68. The minimum atomic E-state index is 0.0556. The van der Waals surface area contributed by atoms with Crippen molar-refractivity contribution in [2.24, 2.45) is 11.8 Å². The largest absolute Gasteiger partial charge is 0.342 e. The normalized spacial score (nSPS) is 24.7. The first-order valence-electron chi connectivity index (χ1n) is 7.31. The van der Waals surface area contributed by atoms with E-state index in [0.29, 0.717) is 30.2 Å². The van der Waals surface area contributed by atoms with E-state index in [9.17, 15) is 9.59 Å². The molecule has 0 unspecified atom stereocenters. The summed E-state index contributed by atoms with van der Waals surface area (Å²) in [4.78, 5) is 26.1. The predicted molar refractivity (Wildman–Crippen MR) is 76.4 cm³/mol. The van der Waals surface area contributed by atoms with Crippen molar-refractivity contribution in [1.29, 1.82) is 0 Å². The van der Waals surface area contributed by atoms with Crippen molar-refractivity contribution in [3.05, 3.63) is 35.9 Å². The highest BCUT2D eigenvalue weighted by molar-refractivity contribution is 5.97. The summed E-state index contributed by atoms with van der Waals surface area (Å²) in [6.45, 7) is 3.76. The second-order valence-electron chi connectivity index (χ2n) is 5.77. The number of benzene rings is 1. The molecule has 0 radical (unpaired) electrons. The monoisotopic (exact) mass is 272 g/mol. The lowest BCUT2D eigenvalue weighted by Crippen LogP contribution is -2.32. The van der Waals surface area contributed by atoms with Gasteiger partial charge in [0.05, 0.1) is 0 Å². The third kappa shape index (κ3) is 2.75. The van der Waals surface area contributed by atoms with Crippen molar-refractivity contribution >= 4 is 11.7 Å². The molecule has 0 saturated carbocycles. The van der Waals surface area contributed by atoms with Crippen LogP contribution in [0.5, 0.6) is 0 Å². The fraction of sp³-hybridized carbons (Fsp3) is 0.500. The Morgan fingerprint density at radius 2 is 1.70 bits per heavy atom. The molecule has 2 atom stereocenters. The number of ketones is 1. The first-order chi connectivity index (χ1) is 9.74. The van der Waals surface area contributed by atoms with Gasteiger partial charge in [-0.2, -0.15) is 0 Å². The highest BCUT2D eigenvalue weighted by Crippen LogP contribution is 2.26. The number of nitrogens with one attached hydrogen (secondary N) is 1. The Kier molecular flexibility index (Phi) is 3.83. The van der Waals surface area contributed by atoms with E-state index in [0.717, 1.165) is 26.2 Å². The molecule has 0 aliphatic carbocycles. The molecular formula is C16H20N2O2. The zero-order valence-corrected chi connectivity index (χ0v) is 11.5. The molecule has 1 N–H and O–H groups in total. The molecule has 0 bridgehead atoms. The maximum atomic E-state index is 12.2. The number of rotatable bonds is 4. The van der Waals surface area contributed by atoms with Gasteiger partial charge in [0.15, 0.2) is 5.78 Å². The summed E-state index contributed by atoms with van der Waals surface area (Å²) >= 11 is 0. The summed E-state index contributed by atoms with van der Waals surface area (Å²) in [7, 11) is 0. The van der Waals surface area contributed by atoms with Gasteiger partial charge in [-0.05, 0) is 11.8 Å². The molecular weight excluding hydrogens is 252 g/mol. The number of carbonyl (C=O) groups excluding carboxylic acids is 2. The number of likely N-dealkylation sites (tertiary alicyclic amines) is 1. The molecule has 1 amide bonds. The van der Waals surface area contributed by atoms with Crippen LogP contribution in [0.15, 0.2) is 30.3 Å². The first kappa shape index (κ1) is 13.3. The Morgan fingerprint density at radius 3 is 2.35 bits per heavy atom. The van der Waals surface area contributed by atoms with Gasteiger partial charge in [0, 0.05) is 44.6 Å². The molecule has 1 aromatic carbocycles. The fourth-order valence-corrected chi connectivity index (χ4v) is 3.21. The average molecular weight is 272 g/mol. The third-order valence-corrected chi connectivity index (χ3v) is 4.40. The summed E-state index contributed by atoms with van der Waals surface area (Å²) < 4.78 is 0. The molecule has 4 nitrogen and oxygen atoms in total. The van der Waals surface area contributed by atoms with Crippen LogP contribution < -0.4 is 5.32 Å². The van der Waals surface area contributed by atoms with Gasteiger partial charge in [0.1, 0.15) is 0 Å². The van der Waals surface area contributed by atoms with Crippen LogP contribution in [0, 0.1) is 11.8 Å². The van der Waals surface area contributed by atoms with E-state index in [1.165, 1.54) is 0 Å². The molecule has 1 aromatic rings. The number of fused-ring (bicyclic) bond motifs is 1. The molecule has 2 aliphatic rings. The lowest BCUT2D eigenvalue weighted by atomic mass is 10.0. The minimum absolute atomic E-state index is 0.0556. The number of hydrogen-bond acceptors (Lipinski definition) is 3. The summed E-state index contributed by atoms with van der Waals surface area (Å²) in [5.41, 5.74) is 0.697. The van der Waals surface area contributed by atoms with Crippen molar-refractivity contribution < 1.29 is 9.59 Å². The Morgan fingerprint density at radius 1 is 1.05 bits per heavy atom. The molecule has 2 fully saturated rings. The van der Waals surface area contributed by atoms with Crippen molar-refractivity contribution in [1.82, 2.24) is 10.2 Å². The van der Waals surface area contributed by atoms with Crippen LogP contribution in [0.4, 0.5) is 0 Å². The SMILES string of the molecule is O=C(CCC(=O)N1C[C@H]2CNC[C@H]2C1)c1ccccc1. The number of nitrogens with zero attached hydrogens (tertiary/aromatic N) is 1. The van der Waals surface area contributed by atoms with E-state index < -0.39 is 0 Å². The van der Waals surface area contributed by atoms with E-state index in [4.69, 9.17) is 0 Å². The van der Waals surface area contributed by atoms with Gasteiger partial charge in [-0.3, -0.25) is 9.59 Å². The van der Waals surface area contributed by atoms with Crippen LogP contribution >= 0.6 is 0 Å². The van der Waals surface area contributed by atoms with Crippen molar-refractivity contribution in [3.8, 4) is 0 Å². The Bertz CT molecular complexity index is 488. The van der Waals surface area contributed by atoms with E-state index in [1.54, 1.807) is 12.1 Å². The summed E-state index contributed by atoms with van der Waals surface area (Å²) in [6, 6.07) is 9.20. The molecule has 0 aromatic heterocycles. The number of hydrogen-bond donors (Lipinski definition) is 1. The summed E-state index contributed by atoms with van der Waals surface area (Å²) in [5, 5.41) is 3.36. The van der Waals surface area contributed by atoms with Gasteiger partial charge in [-0.15, -0.1) is 0 Å². The van der Waals surface area contributed by atoms with Crippen LogP contribution in [0.25, 0.3) is 0 Å². The van der Waals surface area contributed by atoms with Gasteiger partial charge in [-0.1, -0.05) is 30.3 Å². The van der Waals surface area contributed by atoms with E-state index >= 15 is 0 Å². The molecule has 2 heterocycles. The predicted octanol–water partition coefficient (Wildman–Crippen LogP) is 1.33. The molecule has 4 heteroatoms. The highest BCUT2D eigenvalue weighted by Gasteiger charge is 2.37. The van der Waals surface area contributed by atoms with Gasteiger partial charge < -0.3 is 10.2 Å². The minimum Gasteiger partial charge on any atom is -0.342 e. The quantitative estimate of drug-likeness (QED) is 0.841. The zero-order chi connectivity index (χ0) is 13.9. The Balaban J connectivity index is 1.49. The van der Waals surface area contributed by atoms with Crippen LogP contribution in [0.2, 0.25) is 0 Å². The zero-order valence-electron chi connectivity index (χ0n) is 11.5. The molecule has 2 aliphatic heterocycles. The van der Waals surface area contributed by atoms with Crippen LogP contribution in [0.3, 0.4) is 0 Å². The fourth-order valence-electron chi connectivity index (χ4n) is 3.21. The van der Waals surface area contributed by atoms with Gasteiger partial charge >= 0.3 is 0 Å². The molecule has 2 saturated heterocycles. The maximum absolute atomic E-state index is 12.2. The van der Waals surface area contributed by atoms with Gasteiger partial charge in [0.2, 0.25) is 5.91 Å². The molecule has 20 heavy (non-hydrogen) atoms. The van der Waals surface area contributed by atoms with E-state index in [2.05, 4.69) is 5.32 Å². The third-order valence-electron chi connectivity index (χ3n) is 4.40. The standard InChI is InChI=1S/C16H20N2O2/c19-15(12-4-2-1-3-5-12)6-7-16(20)18-10-13-8-17-9-14(13)11-18/h1-5,13-14,17H,6-11H2/t13-,14+. The van der Waals surface area contributed by atoms with Crippen LogP contribution in [0.1, 0.15) is 23.2 Å². The van der Waals surface area contributed by atoms with Crippen molar-refractivity contribution in [2.45, 2.75) is 12.8 Å². The van der Waals surface area contributed by atoms with Gasteiger partial charge in [-0.25, -0.2) is 0 Å². The number of amides is 1. The highest BCUT2D eigenvalue weighted by atomic mass is 16.2. The molecule has 0 spiro atoms. The van der Waals surface area contributed by atoms with E-state index in [1.807, 2.05) is 23.1 Å². The number of carbonyl (C=O) groups is 2. The van der Waals surface area contributed by atoms with E-state index in [-0.39, 0.29) is 11.7 Å². The topological polar surface area (TPSA) is 49.4 Å². The lowest BCUT2D eigenvalue weighted by Gasteiger charge is -2.17. The smallest absolute Gasteiger partial charge is 0.223 e. The van der Waals surface area contributed by atoms with Crippen molar-refractivity contribution in [3.63, 3.8) is 0 Å². The second-order valence-corrected chi connectivity index (χ2v) is 5.77. The van der Waals surface area contributed by atoms with Crippen molar-refractivity contribution in [2.75, 3.05) is 26.2 Å².